The van der Waals surface area contributed by atoms with Gasteiger partial charge in [0.05, 0.1) is 0 Å². The number of carbonyl (C=O) groups is 2. The molecule has 0 saturated heterocycles. The van der Waals surface area contributed by atoms with Crippen molar-refractivity contribution in [1.82, 2.24) is 0 Å². The molecule has 1 rings (SSSR count). The molecule has 4 heteroatoms. The molecule has 1 atom stereocenters. The van der Waals surface area contributed by atoms with Gasteiger partial charge in [0.25, 0.3) is 0 Å². The van der Waals surface area contributed by atoms with Crippen molar-refractivity contribution in [2.45, 2.75) is 26.4 Å². The van der Waals surface area contributed by atoms with E-state index < -0.39 is 18.5 Å². The van der Waals surface area contributed by atoms with E-state index in [1.807, 2.05) is 37.3 Å². The SMILES string of the molecule is C=C(C)C(=O)OCC(=O)OC(CC)c1ccccc1. The van der Waals surface area contributed by atoms with Crippen LogP contribution in [0.1, 0.15) is 31.9 Å². The van der Waals surface area contributed by atoms with Gasteiger partial charge in [-0.25, -0.2) is 9.59 Å². The first-order valence-corrected chi connectivity index (χ1v) is 6.11. The Balaban J connectivity index is 2.50. The molecule has 0 heterocycles. The predicted octanol–water partition coefficient (Wildman–Crippen LogP) is 2.80. The Kier molecular flexibility index (Phi) is 5.79. The van der Waals surface area contributed by atoms with E-state index in [1.54, 1.807) is 0 Å². The standard InChI is InChI=1S/C15H18O4/c1-4-13(12-8-6-5-7-9-12)19-14(16)10-18-15(17)11(2)3/h5-9,13H,2,4,10H2,1,3H3. The molecular weight excluding hydrogens is 244 g/mol. The quantitative estimate of drug-likeness (QED) is 0.584. The molecule has 0 amide bonds. The average Bonchev–Trinajstić information content (AvgIpc) is 2.42. The minimum atomic E-state index is -0.593. The van der Waals surface area contributed by atoms with Crippen molar-refractivity contribution >= 4 is 11.9 Å². The molecule has 19 heavy (non-hydrogen) atoms. The molecule has 1 aromatic carbocycles. The van der Waals surface area contributed by atoms with Crippen LogP contribution in [0.15, 0.2) is 42.5 Å². The summed E-state index contributed by atoms with van der Waals surface area (Å²) < 4.78 is 10.0. The minimum Gasteiger partial charge on any atom is -0.455 e. The highest BCUT2D eigenvalue weighted by Crippen LogP contribution is 2.20. The third-order valence-corrected chi connectivity index (χ3v) is 2.49. The number of rotatable bonds is 6. The van der Waals surface area contributed by atoms with E-state index in [9.17, 15) is 9.59 Å². The van der Waals surface area contributed by atoms with Gasteiger partial charge in [0.2, 0.25) is 0 Å². The molecule has 0 spiro atoms. The Morgan fingerprint density at radius 1 is 1.26 bits per heavy atom. The second-order valence-electron chi connectivity index (χ2n) is 4.15. The number of benzene rings is 1. The van der Waals surface area contributed by atoms with E-state index in [0.29, 0.717) is 6.42 Å². The maximum Gasteiger partial charge on any atom is 0.344 e. The summed E-state index contributed by atoms with van der Waals surface area (Å²) >= 11 is 0. The molecule has 1 unspecified atom stereocenters. The van der Waals surface area contributed by atoms with E-state index >= 15 is 0 Å². The van der Waals surface area contributed by atoms with Crippen LogP contribution in [-0.4, -0.2) is 18.5 Å². The molecule has 0 N–H and O–H groups in total. The van der Waals surface area contributed by atoms with Crippen LogP contribution >= 0.6 is 0 Å². The van der Waals surface area contributed by atoms with Crippen LogP contribution in [0.5, 0.6) is 0 Å². The number of esters is 2. The molecule has 0 radical (unpaired) electrons. The van der Waals surface area contributed by atoms with Crippen LogP contribution in [0.4, 0.5) is 0 Å². The molecule has 0 aliphatic heterocycles. The zero-order valence-electron chi connectivity index (χ0n) is 11.2. The molecular formula is C15H18O4. The average molecular weight is 262 g/mol. The molecule has 1 aromatic rings. The highest BCUT2D eigenvalue weighted by atomic mass is 16.6. The molecule has 0 aromatic heterocycles. The van der Waals surface area contributed by atoms with Gasteiger partial charge in [0.15, 0.2) is 6.61 Å². The van der Waals surface area contributed by atoms with E-state index in [4.69, 9.17) is 9.47 Å². The second-order valence-corrected chi connectivity index (χ2v) is 4.15. The van der Waals surface area contributed by atoms with Gasteiger partial charge in [-0.2, -0.15) is 0 Å². The molecule has 0 aliphatic carbocycles. The summed E-state index contributed by atoms with van der Waals surface area (Å²) in [5, 5.41) is 0. The van der Waals surface area contributed by atoms with Gasteiger partial charge in [0, 0.05) is 5.57 Å². The minimum absolute atomic E-state index is 0.253. The van der Waals surface area contributed by atoms with Gasteiger partial charge in [-0.1, -0.05) is 43.8 Å². The normalized spacial score (nSPS) is 11.5. The first-order valence-electron chi connectivity index (χ1n) is 6.11. The van der Waals surface area contributed by atoms with Crippen LogP contribution in [-0.2, 0) is 19.1 Å². The number of hydrogen-bond donors (Lipinski definition) is 0. The summed E-state index contributed by atoms with van der Waals surface area (Å²) in [4.78, 5) is 22.7. The monoisotopic (exact) mass is 262 g/mol. The van der Waals surface area contributed by atoms with Gasteiger partial charge in [-0.3, -0.25) is 0 Å². The van der Waals surface area contributed by atoms with Gasteiger partial charge < -0.3 is 9.47 Å². The van der Waals surface area contributed by atoms with Crippen molar-refractivity contribution in [3.63, 3.8) is 0 Å². The van der Waals surface area contributed by atoms with E-state index in [-0.39, 0.29) is 11.7 Å². The third kappa shape index (κ3) is 4.95. The summed E-state index contributed by atoms with van der Waals surface area (Å²) in [5.74, 6) is -1.16. The summed E-state index contributed by atoms with van der Waals surface area (Å²) in [6.45, 7) is 6.48. The smallest absolute Gasteiger partial charge is 0.344 e. The molecule has 0 saturated carbocycles. The van der Waals surface area contributed by atoms with Crippen LogP contribution in [0.2, 0.25) is 0 Å². The Hall–Kier alpha value is -2.10. The first kappa shape index (κ1) is 15.0. The lowest BCUT2D eigenvalue weighted by molar-refractivity contribution is -0.161. The van der Waals surface area contributed by atoms with Crippen LogP contribution < -0.4 is 0 Å². The number of carbonyl (C=O) groups excluding carboxylic acids is 2. The van der Waals surface area contributed by atoms with Crippen molar-refractivity contribution in [2.24, 2.45) is 0 Å². The van der Waals surface area contributed by atoms with E-state index in [0.717, 1.165) is 5.56 Å². The summed E-state index contributed by atoms with van der Waals surface area (Å²) in [6.07, 6.45) is 0.335. The fraction of sp³-hybridized carbons (Fsp3) is 0.333. The zero-order valence-corrected chi connectivity index (χ0v) is 11.2. The molecule has 102 valence electrons. The lowest BCUT2D eigenvalue weighted by atomic mass is 10.1. The Bertz CT molecular complexity index is 450. The first-order chi connectivity index (χ1) is 9.04. The van der Waals surface area contributed by atoms with Crippen LogP contribution in [0.25, 0.3) is 0 Å². The molecule has 4 nitrogen and oxygen atoms in total. The maximum absolute atomic E-state index is 11.6. The maximum atomic E-state index is 11.6. The lowest BCUT2D eigenvalue weighted by Crippen LogP contribution is -2.19. The fourth-order valence-electron chi connectivity index (χ4n) is 1.50. The van der Waals surface area contributed by atoms with Crippen molar-refractivity contribution in [1.29, 1.82) is 0 Å². The predicted molar refractivity (Wildman–Crippen MR) is 71.3 cm³/mol. The highest BCUT2D eigenvalue weighted by Gasteiger charge is 2.16. The van der Waals surface area contributed by atoms with Gasteiger partial charge in [-0.05, 0) is 18.9 Å². The zero-order chi connectivity index (χ0) is 14.3. The number of ether oxygens (including phenoxy) is 2. The van der Waals surface area contributed by atoms with Crippen molar-refractivity contribution in [2.75, 3.05) is 6.61 Å². The van der Waals surface area contributed by atoms with Crippen molar-refractivity contribution in [3.05, 3.63) is 48.0 Å². The topological polar surface area (TPSA) is 52.6 Å². The molecule has 0 bridgehead atoms. The van der Waals surface area contributed by atoms with Crippen LogP contribution in [0.3, 0.4) is 0 Å². The third-order valence-electron chi connectivity index (χ3n) is 2.49. The van der Waals surface area contributed by atoms with Gasteiger partial charge >= 0.3 is 11.9 Å². The Labute approximate surface area is 113 Å². The van der Waals surface area contributed by atoms with Crippen LogP contribution in [0, 0.1) is 0 Å². The number of hydrogen-bond acceptors (Lipinski definition) is 4. The fourth-order valence-corrected chi connectivity index (χ4v) is 1.50. The highest BCUT2D eigenvalue weighted by molar-refractivity contribution is 5.88. The Morgan fingerprint density at radius 3 is 2.42 bits per heavy atom. The largest absolute Gasteiger partial charge is 0.455 e. The van der Waals surface area contributed by atoms with E-state index in [1.165, 1.54) is 6.92 Å². The van der Waals surface area contributed by atoms with E-state index in [2.05, 4.69) is 6.58 Å². The van der Waals surface area contributed by atoms with Gasteiger partial charge in [0.1, 0.15) is 6.10 Å². The lowest BCUT2D eigenvalue weighted by Gasteiger charge is -2.16. The summed E-state index contributed by atoms with van der Waals surface area (Å²) in [5.41, 5.74) is 1.17. The Morgan fingerprint density at radius 2 is 1.89 bits per heavy atom. The van der Waals surface area contributed by atoms with Gasteiger partial charge in [-0.15, -0.1) is 0 Å². The van der Waals surface area contributed by atoms with Crippen molar-refractivity contribution in [3.8, 4) is 0 Å². The molecule has 0 aliphatic rings. The second kappa shape index (κ2) is 7.36. The summed E-state index contributed by atoms with van der Waals surface area (Å²) in [7, 11) is 0. The van der Waals surface area contributed by atoms with Crippen molar-refractivity contribution < 1.29 is 19.1 Å². The summed E-state index contributed by atoms with van der Waals surface area (Å²) in [6, 6.07) is 9.44. The molecule has 0 fully saturated rings.